The molecular weight excluding hydrogens is 761 g/mol. The maximum atomic E-state index is 2.56. The minimum absolute atomic E-state index is 0.0379. The zero-order chi connectivity index (χ0) is 42.4. The quantitative estimate of drug-likeness (QED) is 0.161. The number of aromatic nitrogens is 1. The van der Waals surface area contributed by atoms with E-state index in [-0.39, 0.29) is 16.2 Å². The van der Waals surface area contributed by atoms with Crippen molar-refractivity contribution >= 4 is 71.2 Å². The molecule has 0 saturated heterocycles. The number of hydrogen-bond acceptors (Lipinski definition) is 1. The normalized spacial score (nSPS) is 18.9. The van der Waals surface area contributed by atoms with E-state index < -0.39 is 0 Å². The molecule has 2 nitrogen and oxygen atoms in total. The van der Waals surface area contributed by atoms with E-state index in [1.165, 1.54) is 87.5 Å². The first kappa shape index (κ1) is 36.5. The van der Waals surface area contributed by atoms with Crippen LogP contribution in [0.2, 0.25) is 0 Å². The predicted molar refractivity (Wildman–Crippen MR) is 268 cm³/mol. The largest absolute Gasteiger partial charge is 0.310 e. The summed E-state index contributed by atoms with van der Waals surface area (Å²) in [6.07, 6.45) is 9.39. The molecule has 2 atom stereocenters. The van der Waals surface area contributed by atoms with Crippen LogP contribution in [0.1, 0.15) is 56.9 Å². The number of fused-ring (bicyclic) bond motifs is 15. The number of allylic oxidation sites excluding steroid dienone is 4. The van der Waals surface area contributed by atoms with Crippen LogP contribution in [0.25, 0.3) is 70.9 Å². The lowest BCUT2D eigenvalue weighted by molar-refractivity contribution is 0.324. The van der Waals surface area contributed by atoms with Crippen molar-refractivity contribution in [2.45, 2.75) is 50.9 Å². The van der Waals surface area contributed by atoms with Gasteiger partial charge in [0.2, 0.25) is 0 Å². The number of para-hydroxylation sites is 1. The first-order valence-electron chi connectivity index (χ1n) is 22.6. The van der Waals surface area contributed by atoms with Gasteiger partial charge in [-0.25, -0.2) is 0 Å². The monoisotopic (exact) mass is 808 g/mol. The maximum absolute atomic E-state index is 2.56. The number of anilines is 3. The molecule has 0 aliphatic heterocycles. The Morgan fingerprint density at radius 2 is 0.984 bits per heavy atom. The maximum Gasteiger partial charge on any atom is 0.0547 e. The van der Waals surface area contributed by atoms with E-state index in [9.17, 15) is 0 Å². The van der Waals surface area contributed by atoms with E-state index in [2.05, 4.69) is 238 Å². The van der Waals surface area contributed by atoms with Gasteiger partial charge in [-0.15, -0.1) is 0 Å². The molecule has 1 aromatic heterocycles. The fourth-order valence-electron chi connectivity index (χ4n) is 12.5. The van der Waals surface area contributed by atoms with Gasteiger partial charge in [0.05, 0.1) is 11.0 Å². The van der Waals surface area contributed by atoms with Gasteiger partial charge >= 0.3 is 0 Å². The van der Waals surface area contributed by atoms with Gasteiger partial charge in [-0.1, -0.05) is 156 Å². The zero-order valence-corrected chi connectivity index (χ0v) is 36.4. The fraction of sp³-hybridized carbons (Fsp3) is 0.148. The summed E-state index contributed by atoms with van der Waals surface area (Å²) >= 11 is 0. The third-order valence-electron chi connectivity index (χ3n) is 15.5. The molecule has 0 saturated carbocycles. The van der Waals surface area contributed by atoms with Crippen molar-refractivity contribution in [3.05, 3.63) is 216 Å². The second-order valence-corrected chi connectivity index (χ2v) is 19.6. The molecule has 302 valence electrons. The fourth-order valence-corrected chi connectivity index (χ4v) is 12.5. The molecule has 10 aromatic rings. The van der Waals surface area contributed by atoms with Crippen molar-refractivity contribution in [1.29, 1.82) is 0 Å². The Morgan fingerprint density at radius 3 is 1.71 bits per heavy atom. The molecule has 2 heteroatoms. The smallest absolute Gasteiger partial charge is 0.0547 e. The molecule has 1 heterocycles. The summed E-state index contributed by atoms with van der Waals surface area (Å²) in [5.74, 6) is 0.384. The van der Waals surface area contributed by atoms with Gasteiger partial charge in [-0.2, -0.15) is 0 Å². The Kier molecular flexibility index (Phi) is 7.36. The lowest BCUT2D eigenvalue weighted by Gasteiger charge is -2.36. The average Bonchev–Trinajstić information content (AvgIpc) is 3.82. The summed E-state index contributed by atoms with van der Waals surface area (Å²) in [7, 11) is 0. The molecule has 63 heavy (non-hydrogen) atoms. The van der Waals surface area contributed by atoms with Crippen LogP contribution >= 0.6 is 0 Å². The van der Waals surface area contributed by atoms with Crippen molar-refractivity contribution in [3.63, 3.8) is 0 Å². The molecule has 3 aliphatic rings. The summed E-state index contributed by atoms with van der Waals surface area (Å²) in [6, 6.07) is 64.1. The molecule has 9 aromatic carbocycles. The van der Waals surface area contributed by atoms with Gasteiger partial charge in [-0.3, -0.25) is 0 Å². The first-order chi connectivity index (χ1) is 30.6. The molecule has 0 spiro atoms. The van der Waals surface area contributed by atoms with Crippen molar-refractivity contribution in [1.82, 2.24) is 4.57 Å². The van der Waals surface area contributed by atoms with Crippen molar-refractivity contribution in [3.8, 4) is 16.8 Å². The summed E-state index contributed by atoms with van der Waals surface area (Å²) in [5.41, 5.74) is 15.2. The van der Waals surface area contributed by atoms with Crippen LogP contribution in [-0.4, -0.2) is 4.57 Å². The van der Waals surface area contributed by atoms with Crippen LogP contribution in [-0.2, 0) is 16.2 Å². The minimum atomic E-state index is -0.0943. The molecule has 0 radical (unpaired) electrons. The Morgan fingerprint density at radius 1 is 0.413 bits per heavy atom. The predicted octanol–water partition coefficient (Wildman–Crippen LogP) is 16.3. The van der Waals surface area contributed by atoms with E-state index in [1.807, 2.05) is 0 Å². The molecule has 0 bridgehead atoms. The third-order valence-corrected chi connectivity index (χ3v) is 15.5. The van der Waals surface area contributed by atoms with Crippen LogP contribution < -0.4 is 4.90 Å². The Balaban J connectivity index is 1.05. The molecule has 2 unspecified atom stereocenters. The van der Waals surface area contributed by atoms with E-state index >= 15 is 0 Å². The van der Waals surface area contributed by atoms with Gasteiger partial charge in [0, 0.05) is 44.4 Å². The van der Waals surface area contributed by atoms with E-state index in [1.54, 1.807) is 0 Å². The highest BCUT2D eigenvalue weighted by molar-refractivity contribution is 6.29. The Labute approximate surface area is 369 Å². The highest BCUT2D eigenvalue weighted by atomic mass is 15.1. The minimum Gasteiger partial charge on any atom is -0.310 e. The van der Waals surface area contributed by atoms with Gasteiger partial charge in [0.15, 0.2) is 0 Å². The van der Waals surface area contributed by atoms with Crippen LogP contribution in [0.5, 0.6) is 0 Å². The molecular formula is C61H48N2. The number of benzene rings is 9. The molecule has 0 fully saturated rings. The SMILES string of the molecule is CC1(C)c2ccccc2-c2ccc(N(c3ccccc3)c3ccc(-n4c5cc6c(cc5c5cc7c8ccccc8c8ccccc8c7cc54)C4(C)C=CC=CC4C6(C)C)cc3)cc21. The second-order valence-electron chi connectivity index (χ2n) is 19.6. The van der Waals surface area contributed by atoms with Crippen LogP contribution in [0.3, 0.4) is 0 Å². The topological polar surface area (TPSA) is 8.17 Å². The second kappa shape index (κ2) is 12.7. The molecule has 3 aliphatic carbocycles. The third kappa shape index (κ3) is 4.90. The zero-order valence-electron chi connectivity index (χ0n) is 36.4. The molecule has 0 amide bonds. The van der Waals surface area contributed by atoms with Crippen LogP contribution in [0.4, 0.5) is 17.1 Å². The van der Waals surface area contributed by atoms with Crippen molar-refractivity contribution in [2.24, 2.45) is 5.92 Å². The Hall–Kier alpha value is -7.16. The van der Waals surface area contributed by atoms with E-state index in [4.69, 9.17) is 0 Å². The van der Waals surface area contributed by atoms with Gasteiger partial charge in [0.25, 0.3) is 0 Å². The Bertz CT molecular complexity index is 3640. The molecule has 13 rings (SSSR count). The summed E-state index contributed by atoms with van der Waals surface area (Å²) in [6.45, 7) is 12.1. The first-order valence-corrected chi connectivity index (χ1v) is 22.6. The summed E-state index contributed by atoms with van der Waals surface area (Å²) < 4.78 is 2.55. The van der Waals surface area contributed by atoms with Crippen LogP contribution in [0.15, 0.2) is 194 Å². The highest BCUT2D eigenvalue weighted by Gasteiger charge is 2.52. The van der Waals surface area contributed by atoms with Gasteiger partial charge in [0.1, 0.15) is 0 Å². The van der Waals surface area contributed by atoms with Crippen molar-refractivity contribution in [2.75, 3.05) is 4.90 Å². The van der Waals surface area contributed by atoms with E-state index in [0.717, 1.165) is 22.7 Å². The van der Waals surface area contributed by atoms with E-state index in [0.29, 0.717) is 5.92 Å². The lowest BCUT2D eigenvalue weighted by Crippen LogP contribution is -2.34. The van der Waals surface area contributed by atoms with Gasteiger partial charge in [-0.05, 0) is 150 Å². The highest BCUT2D eigenvalue weighted by Crippen LogP contribution is 2.58. The van der Waals surface area contributed by atoms with Gasteiger partial charge < -0.3 is 9.47 Å². The molecule has 0 N–H and O–H groups in total. The summed E-state index contributed by atoms with van der Waals surface area (Å²) in [4.78, 5) is 2.42. The lowest BCUT2D eigenvalue weighted by atomic mass is 9.67. The summed E-state index contributed by atoms with van der Waals surface area (Å²) in [5, 5.41) is 10.4. The number of hydrogen-bond donors (Lipinski definition) is 0. The number of nitrogens with zero attached hydrogens (tertiary/aromatic N) is 2. The number of rotatable bonds is 4. The van der Waals surface area contributed by atoms with Crippen LogP contribution in [0, 0.1) is 5.92 Å². The average molecular weight is 809 g/mol. The standard InChI is InChI=1S/C61H48N2/c1-59(2)52-24-14-13-23-46(52)47-31-30-41(33-53(47)59)62(38-17-7-6-8-18-38)39-26-28-40(29-27-39)63-56-36-49-45-22-12-10-20-43(45)42-19-9-11-21-44(42)48(49)34-50(56)51-35-55-54(37-57(51)63)60(3,4)58-25-15-16-32-61(55,58)5/h6-37,58H,1-5H3. The van der Waals surface area contributed by atoms with Crippen molar-refractivity contribution < 1.29 is 0 Å².